The van der Waals surface area contributed by atoms with E-state index in [9.17, 15) is 13.2 Å². The number of nitrogens with zero attached hydrogens (tertiary/aromatic N) is 2. The van der Waals surface area contributed by atoms with Crippen LogP contribution in [-0.4, -0.2) is 61.8 Å². The Balaban J connectivity index is 2.60. The standard InChI is InChI=1S/C13H26F3N3/c1-4-11(17)12(13(14,15)16)19-7-5-10(6-8-19)9-18(2)3/h10-12H,4-9,17H2,1-3H3. The molecular weight excluding hydrogens is 255 g/mol. The van der Waals surface area contributed by atoms with E-state index in [0.29, 0.717) is 25.4 Å². The highest BCUT2D eigenvalue weighted by Gasteiger charge is 2.47. The summed E-state index contributed by atoms with van der Waals surface area (Å²) in [7, 11) is 4.00. The van der Waals surface area contributed by atoms with E-state index >= 15 is 0 Å². The molecule has 114 valence electrons. The van der Waals surface area contributed by atoms with E-state index in [-0.39, 0.29) is 0 Å². The summed E-state index contributed by atoms with van der Waals surface area (Å²) in [5.41, 5.74) is 5.68. The van der Waals surface area contributed by atoms with Crippen LogP contribution >= 0.6 is 0 Å². The second-order valence-corrected chi connectivity index (χ2v) is 5.80. The molecule has 1 saturated heterocycles. The molecule has 2 unspecified atom stereocenters. The molecule has 1 aliphatic rings. The fraction of sp³-hybridized carbons (Fsp3) is 1.00. The van der Waals surface area contributed by atoms with Crippen LogP contribution in [0.1, 0.15) is 26.2 Å². The molecule has 0 bridgehead atoms. The number of hydrogen-bond acceptors (Lipinski definition) is 3. The van der Waals surface area contributed by atoms with Gasteiger partial charge in [-0.1, -0.05) is 6.92 Å². The lowest BCUT2D eigenvalue weighted by molar-refractivity contribution is -0.192. The van der Waals surface area contributed by atoms with Crippen molar-refractivity contribution in [1.82, 2.24) is 9.80 Å². The summed E-state index contributed by atoms with van der Waals surface area (Å²) in [5.74, 6) is 0.498. The summed E-state index contributed by atoms with van der Waals surface area (Å²) < 4.78 is 39.4. The van der Waals surface area contributed by atoms with Crippen LogP contribution in [0.3, 0.4) is 0 Å². The molecule has 0 aromatic heterocycles. The number of rotatable bonds is 5. The summed E-state index contributed by atoms with van der Waals surface area (Å²) in [6, 6.07) is -2.32. The van der Waals surface area contributed by atoms with Crippen LogP contribution in [0, 0.1) is 5.92 Å². The van der Waals surface area contributed by atoms with Crippen LogP contribution in [0.4, 0.5) is 13.2 Å². The Morgan fingerprint density at radius 1 is 1.26 bits per heavy atom. The minimum absolute atomic E-state index is 0.349. The number of hydrogen-bond donors (Lipinski definition) is 1. The molecule has 6 heteroatoms. The summed E-state index contributed by atoms with van der Waals surface area (Å²) in [6.07, 6.45) is -2.24. The van der Waals surface area contributed by atoms with Crippen LogP contribution in [0.15, 0.2) is 0 Å². The molecule has 2 N–H and O–H groups in total. The van der Waals surface area contributed by atoms with Crippen molar-refractivity contribution in [3.05, 3.63) is 0 Å². The van der Waals surface area contributed by atoms with Crippen molar-refractivity contribution < 1.29 is 13.2 Å². The van der Waals surface area contributed by atoms with Gasteiger partial charge in [-0.15, -0.1) is 0 Å². The first-order chi connectivity index (χ1) is 8.75. The van der Waals surface area contributed by atoms with E-state index in [1.807, 2.05) is 14.1 Å². The third-order valence-electron chi connectivity index (χ3n) is 3.88. The SMILES string of the molecule is CCC(N)C(N1CCC(CN(C)C)CC1)C(F)(F)F. The normalized spacial score (nSPS) is 22.7. The van der Waals surface area contributed by atoms with Crippen molar-refractivity contribution in [2.45, 2.75) is 44.4 Å². The Hall–Kier alpha value is -0.330. The minimum Gasteiger partial charge on any atom is -0.326 e. The molecule has 3 nitrogen and oxygen atoms in total. The largest absolute Gasteiger partial charge is 0.405 e. The Bertz CT molecular complexity index is 260. The topological polar surface area (TPSA) is 32.5 Å². The first kappa shape index (κ1) is 16.7. The van der Waals surface area contributed by atoms with Gasteiger partial charge in [0.1, 0.15) is 6.04 Å². The first-order valence-electron chi connectivity index (χ1n) is 6.96. The average Bonchev–Trinajstić information content (AvgIpc) is 2.29. The number of likely N-dealkylation sites (tertiary alicyclic amines) is 1. The molecule has 0 amide bonds. The third-order valence-corrected chi connectivity index (χ3v) is 3.88. The Morgan fingerprint density at radius 3 is 2.16 bits per heavy atom. The molecule has 1 aliphatic heterocycles. The van der Waals surface area contributed by atoms with Gasteiger partial charge >= 0.3 is 6.18 Å². The fourth-order valence-electron chi connectivity index (χ4n) is 2.87. The molecule has 19 heavy (non-hydrogen) atoms. The highest BCUT2D eigenvalue weighted by molar-refractivity contribution is 4.90. The van der Waals surface area contributed by atoms with Gasteiger partial charge in [-0.3, -0.25) is 4.90 Å². The van der Waals surface area contributed by atoms with Gasteiger partial charge in [-0.2, -0.15) is 13.2 Å². The third kappa shape index (κ3) is 4.93. The Labute approximate surface area is 113 Å². The highest BCUT2D eigenvalue weighted by atomic mass is 19.4. The van der Waals surface area contributed by atoms with E-state index in [2.05, 4.69) is 4.90 Å². The second kappa shape index (κ2) is 6.90. The maximum absolute atomic E-state index is 13.1. The molecule has 1 heterocycles. The zero-order chi connectivity index (χ0) is 14.6. The van der Waals surface area contributed by atoms with Gasteiger partial charge in [-0.05, 0) is 52.4 Å². The molecular formula is C13H26F3N3. The van der Waals surface area contributed by atoms with Crippen LogP contribution in [-0.2, 0) is 0 Å². The Morgan fingerprint density at radius 2 is 1.79 bits per heavy atom. The van der Waals surface area contributed by atoms with Gasteiger partial charge in [0, 0.05) is 12.6 Å². The van der Waals surface area contributed by atoms with Crippen molar-refractivity contribution >= 4 is 0 Å². The lowest BCUT2D eigenvalue weighted by atomic mass is 9.93. The van der Waals surface area contributed by atoms with Gasteiger partial charge in [0.05, 0.1) is 0 Å². The molecule has 0 aromatic rings. The van der Waals surface area contributed by atoms with Crippen molar-refractivity contribution in [2.75, 3.05) is 33.7 Å². The van der Waals surface area contributed by atoms with Crippen molar-refractivity contribution in [3.8, 4) is 0 Å². The van der Waals surface area contributed by atoms with Crippen molar-refractivity contribution in [2.24, 2.45) is 11.7 Å². The monoisotopic (exact) mass is 281 g/mol. The zero-order valence-electron chi connectivity index (χ0n) is 12.1. The zero-order valence-corrected chi connectivity index (χ0v) is 12.1. The van der Waals surface area contributed by atoms with Gasteiger partial charge in [-0.25, -0.2) is 0 Å². The van der Waals surface area contributed by atoms with Gasteiger partial charge in [0.25, 0.3) is 0 Å². The molecule has 2 atom stereocenters. The van der Waals surface area contributed by atoms with Crippen molar-refractivity contribution in [3.63, 3.8) is 0 Å². The predicted octanol–water partition coefficient (Wildman–Crippen LogP) is 1.93. The average molecular weight is 281 g/mol. The molecule has 1 fully saturated rings. The summed E-state index contributed by atoms with van der Waals surface area (Å²) in [5, 5.41) is 0. The van der Waals surface area contributed by atoms with E-state index in [1.165, 1.54) is 4.90 Å². The van der Waals surface area contributed by atoms with E-state index < -0.39 is 18.3 Å². The molecule has 0 spiro atoms. The van der Waals surface area contributed by atoms with E-state index in [1.54, 1.807) is 6.92 Å². The van der Waals surface area contributed by atoms with Crippen LogP contribution in [0.2, 0.25) is 0 Å². The fourth-order valence-corrected chi connectivity index (χ4v) is 2.87. The smallest absolute Gasteiger partial charge is 0.326 e. The van der Waals surface area contributed by atoms with Crippen molar-refractivity contribution in [1.29, 1.82) is 0 Å². The van der Waals surface area contributed by atoms with Crippen LogP contribution < -0.4 is 5.73 Å². The van der Waals surface area contributed by atoms with Gasteiger partial charge < -0.3 is 10.6 Å². The lowest BCUT2D eigenvalue weighted by Gasteiger charge is -2.41. The van der Waals surface area contributed by atoms with Gasteiger partial charge in [0.2, 0.25) is 0 Å². The molecule has 0 saturated carbocycles. The minimum atomic E-state index is -4.23. The Kier molecular flexibility index (Phi) is 6.08. The second-order valence-electron chi connectivity index (χ2n) is 5.80. The van der Waals surface area contributed by atoms with E-state index in [4.69, 9.17) is 5.73 Å². The summed E-state index contributed by atoms with van der Waals surface area (Å²) >= 11 is 0. The maximum atomic E-state index is 13.1. The summed E-state index contributed by atoms with van der Waals surface area (Å²) in [6.45, 7) is 3.65. The van der Waals surface area contributed by atoms with E-state index in [0.717, 1.165) is 19.4 Å². The number of piperidine rings is 1. The lowest BCUT2D eigenvalue weighted by Crippen LogP contribution is -2.58. The molecule has 1 rings (SSSR count). The maximum Gasteiger partial charge on any atom is 0.405 e. The quantitative estimate of drug-likeness (QED) is 0.836. The predicted molar refractivity (Wildman–Crippen MR) is 71.0 cm³/mol. The van der Waals surface area contributed by atoms with Crippen LogP contribution in [0.25, 0.3) is 0 Å². The van der Waals surface area contributed by atoms with Crippen LogP contribution in [0.5, 0.6) is 0 Å². The number of halogens is 3. The molecule has 0 radical (unpaired) electrons. The molecule has 0 aromatic carbocycles. The highest BCUT2D eigenvalue weighted by Crippen LogP contribution is 2.31. The number of nitrogens with two attached hydrogens (primary N) is 1. The first-order valence-corrected chi connectivity index (χ1v) is 6.96. The van der Waals surface area contributed by atoms with Gasteiger partial charge in [0.15, 0.2) is 0 Å². The summed E-state index contributed by atoms with van der Waals surface area (Å²) in [4.78, 5) is 3.62. The number of alkyl halides is 3. The molecule has 0 aliphatic carbocycles.